The minimum absolute atomic E-state index is 0.501. The predicted molar refractivity (Wildman–Crippen MR) is 65.9 cm³/mol. The van der Waals surface area contributed by atoms with E-state index in [1.54, 1.807) is 11.1 Å². The van der Waals surface area contributed by atoms with Gasteiger partial charge in [0.1, 0.15) is 0 Å². The number of hydrogen-bond donors (Lipinski definition) is 2. The van der Waals surface area contributed by atoms with Crippen molar-refractivity contribution in [2.24, 2.45) is 17.7 Å². The second-order valence-corrected chi connectivity index (χ2v) is 5.19. The van der Waals surface area contributed by atoms with Crippen LogP contribution in [-0.2, 0) is 6.42 Å². The number of nitrogens with one attached hydrogen (secondary N) is 1. The van der Waals surface area contributed by atoms with Crippen molar-refractivity contribution >= 4 is 0 Å². The van der Waals surface area contributed by atoms with Gasteiger partial charge in [-0.25, -0.2) is 0 Å². The minimum Gasteiger partial charge on any atom is -0.271 e. The molecule has 0 bridgehead atoms. The second kappa shape index (κ2) is 3.86. The molecule has 0 amide bonds. The van der Waals surface area contributed by atoms with Crippen molar-refractivity contribution < 1.29 is 0 Å². The van der Waals surface area contributed by atoms with Gasteiger partial charge >= 0.3 is 0 Å². The van der Waals surface area contributed by atoms with E-state index in [0.29, 0.717) is 6.04 Å². The van der Waals surface area contributed by atoms with Crippen LogP contribution in [0.5, 0.6) is 0 Å². The Morgan fingerprint density at radius 2 is 2.25 bits per heavy atom. The fourth-order valence-corrected chi connectivity index (χ4v) is 3.67. The van der Waals surface area contributed by atoms with Crippen LogP contribution in [0, 0.1) is 11.8 Å². The van der Waals surface area contributed by atoms with E-state index in [2.05, 4.69) is 36.6 Å². The molecule has 2 aliphatic carbocycles. The molecule has 3 N–H and O–H groups in total. The molecule has 0 aliphatic heterocycles. The van der Waals surface area contributed by atoms with Crippen LogP contribution in [0.25, 0.3) is 0 Å². The first-order valence-electron chi connectivity index (χ1n) is 6.40. The van der Waals surface area contributed by atoms with Crippen LogP contribution < -0.4 is 11.3 Å². The van der Waals surface area contributed by atoms with Crippen molar-refractivity contribution in [3.63, 3.8) is 0 Å². The number of rotatable bonds is 3. The van der Waals surface area contributed by atoms with Crippen molar-refractivity contribution in [3.05, 3.63) is 35.4 Å². The standard InChI is InChI=1S/C14H20N2/c1-2-12(16-15)14-11-8-7-9-5-3-4-6-10(9)13(11)14/h3-6,11-14,16H,2,7-8,15H2,1H3. The molecule has 3 rings (SSSR count). The SMILES string of the molecule is CCC(NN)C1C2CCc3ccccc3C21. The zero-order chi connectivity index (χ0) is 11.1. The van der Waals surface area contributed by atoms with Crippen molar-refractivity contribution in [1.29, 1.82) is 0 Å². The summed E-state index contributed by atoms with van der Waals surface area (Å²) in [7, 11) is 0. The summed E-state index contributed by atoms with van der Waals surface area (Å²) < 4.78 is 0. The molecule has 86 valence electrons. The Morgan fingerprint density at radius 3 is 3.00 bits per heavy atom. The highest BCUT2D eigenvalue weighted by atomic mass is 15.2. The summed E-state index contributed by atoms with van der Waals surface area (Å²) in [5.41, 5.74) is 6.16. The summed E-state index contributed by atoms with van der Waals surface area (Å²) in [6, 6.07) is 9.44. The molecule has 1 aromatic carbocycles. The highest BCUT2D eigenvalue weighted by Crippen LogP contribution is 2.61. The molecule has 0 spiro atoms. The van der Waals surface area contributed by atoms with Crippen LogP contribution in [0.4, 0.5) is 0 Å². The van der Waals surface area contributed by atoms with Crippen LogP contribution in [0.1, 0.15) is 36.8 Å². The highest BCUT2D eigenvalue weighted by molar-refractivity contribution is 5.39. The van der Waals surface area contributed by atoms with Gasteiger partial charge in [0, 0.05) is 6.04 Å². The predicted octanol–water partition coefficient (Wildman–Crippen LogP) is 2.20. The smallest absolute Gasteiger partial charge is 0.0244 e. The molecule has 0 heterocycles. The van der Waals surface area contributed by atoms with Gasteiger partial charge in [0.25, 0.3) is 0 Å². The molecule has 2 aliphatic rings. The van der Waals surface area contributed by atoms with Gasteiger partial charge in [0.15, 0.2) is 0 Å². The molecule has 2 nitrogen and oxygen atoms in total. The molecule has 4 unspecified atom stereocenters. The molecule has 4 atom stereocenters. The van der Waals surface area contributed by atoms with E-state index >= 15 is 0 Å². The monoisotopic (exact) mass is 216 g/mol. The van der Waals surface area contributed by atoms with Gasteiger partial charge in [0.2, 0.25) is 0 Å². The Labute approximate surface area is 97.2 Å². The summed E-state index contributed by atoms with van der Waals surface area (Å²) in [5.74, 6) is 8.09. The molecule has 2 heteroatoms. The van der Waals surface area contributed by atoms with Gasteiger partial charge in [-0.2, -0.15) is 0 Å². The minimum atomic E-state index is 0.501. The zero-order valence-corrected chi connectivity index (χ0v) is 9.82. The third kappa shape index (κ3) is 1.40. The Balaban J connectivity index is 1.87. The van der Waals surface area contributed by atoms with Gasteiger partial charge in [-0.3, -0.25) is 11.3 Å². The first-order chi connectivity index (χ1) is 7.86. The first-order valence-corrected chi connectivity index (χ1v) is 6.40. The van der Waals surface area contributed by atoms with Gasteiger partial charge < -0.3 is 0 Å². The quantitative estimate of drug-likeness (QED) is 0.600. The number of hydrazine groups is 1. The summed E-state index contributed by atoms with van der Waals surface area (Å²) in [5, 5.41) is 0. The van der Waals surface area contributed by atoms with Crippen LogP contribution in [0.2, 0.25) is 0 Å². The Morgan fingerprint density at radius 1 is 1.44 bits per heavy atom. The normalized spacial score (nSPS) is 32.8. The third-order valence-corrected chi connectivity index (χ3v) is 4.51. The van der Waals surface area contributed by atoms with E-state index < -0.39 is 0 Å². The highest BCUT2D eigenvalue weighted by Gasteiger charge is 2.55. The number of hydrogen-bond acceptors (Lipinski definition) is 2. The Hall–Kier alpha value is -0.860. The second-order valence-electron chi connectivity index (χ2n) is 5.19. The van der Waals surface area contributed by atoms with Crippen molar-refractivity contribution in [1.82, 2.24) is 5.43 Å². The fraction of sp³-hybridized carbons (Fsp3) is 0.571. The molecule has 0 aromatic heterocycles. The maximum absolute atomic E-state index is 5.65. The summed E-state index contributed by atoms with van der Waals surface area (Å²) in [4.78, 5) is 0. The van der Waals surface area contributed by atoms with E-state index in [1.165, 1.54) is 12.8 Å². The van der Waals surface area contributed by atoms with E-state index in [0.717, 1.165) is 24.2 Å². The van der Waals surface area contributed by atoms with Crippen LogP contribution in [0.3, 0.4) is 0 Å². The molecular weight excluding hydrogens is 196 g/mol. The third-order valence-electron chi connectivity index (χ3n) is 4.51. The van der Waals surface area contributed by atoms with Crippen LogP contribution in [0.15, 0.2) is 24.3 Å². The van der Waals surface area contributed by atoms with Crippen molar-refractivity contribution in [3.8, 4) is 0 Å². The Bertz CT molecular complexity index is 384. The molecule has 16 heavy (non-hydrogen) atoms. The van der Waals surface area contributed by atoms with E-state index in [9.17, 15) is 0 Å². The van der Waals surface area contributed by atoms with E-state index in [4.69, 9.17) is 5.84 Å². The van der Waals surface area contributed by atoms with Gasteiger partial charge in [0.05, 0.1) is 0 Å². The lowest BCUT2D eigenvalue weighted by molar-refractivity contribution is 0.432. The lowest BCUT2D eigenvalue weighted by atomic mass is 9.92. The lowest BCUT2D eigenvalue weighted by Crippen LogP contribution is -2.36. The number of aryl methyl sites for hydroxylation is 1. The maximum atomic E-state index is 5.65. The first kappa shape index (κ1) is 10.3. The van der Waals surface area contributed by atoms with Gasteiger partial charge in [-0.05, 0) is 48.1 Å². The summed E-state index contributed by atoms with van der Waals surface area (Å²) in [6.07, 6.45) is 3.75. The molecule has 1 saturated carbocycles. The van der Waals surface area contributed by atoms with E-state index in [-0.39, 0.29) is 0 Å². The van der Waals surface area contributed by atoms with Gasteiger partial charge in [-0.1, -0.05) is 31.2 Å². The van der Waals surface area contributed by atoms with Crippen LogP contribution >= 0.6 is 0 Å². The lowest BCUT2D eigenvalue weighted by Gasteiger charge is -2.14. The Kier molecular flexibility index (Phi) is 2.49. The molecule has 0 radical (unpaired) electrons. The average molecular weight is 216 g/mol. The largest absolute Gasteiger partial charge is 0.271 e. The molecule has 0 saturated heterocycles. The molecule has 1 fully saturated rings. The zero-order valence-electron chi connectivity index (χ0n) is 9.82. The maximum Gasteiger partial charge on any atom is 0.0244 e. The van der Waals surface area contributed by atoms with Crippen molar-refractivity contribution in [2.75, 3.05) is 0 Å². The summed E-state index contributed by atoms with van der Waals surface area (Å²) in [6.45, 7) is 2.22. The number of fused-ring (bicyclic) bond motifs is 3. The number of benzene rings is 1. The molecule has 1 aromatic rings. The number of nitrogens with two attached hydrogens (primary N) is 1. The van der Waals surface area contributed by atoms with E-state index in [1.807, 2.05) is 0 Å². The van der Waals surface area contributed by atoms with Gasteiger partial charge in [-0.15, -0.1) is 0 Å². The van der Waals surface area contributed by atoms with Crippen LogP contribution in [-0.4, -0.2) is 6.04 Å². The fourth-order valence-electron chi connectivity index (χ4n) is 3.67. The van der Waals surface area contributed by atoms with Crippen molar-refractivity contribution in [2.45, 2.75) is 38.1 Å². The molecular formula is C14H20N2. The topological polar surface area (TPSA) is 38.0 Å². The summed E-state index contributed by atoms with van der Waals surface area (Å²) >= 11 is 0. The average Bonchev–Trinajstić information content (AvgIpc) is 3.06.